The Morgan fingerprint density at radius 1 is 1.19 bits per heavy atom. The van der Waals surface area contributed by atoms with Gasteiger partial charge in [0.2, 0.25) is 10.0 Å². The second-order valence-corrected chi connectivity index (χ2v) is 12.0. The normalized spacial score (nSPS) is 17.6. The Bertz CT molecular complexity index is 1400. The molecule has 2 fully saturated rings. The number of nitrogens with one attached hydrogen (secondary N) is 1. The highest BCUT2D eigenvalue weighted by Gasteiger charge is 2.32. The van der Waals surface area contributed by atoms with E-state index in [-0.39, 0.29) is 17.9 Å². The largest absolute Gasteiger partial charge is 0.378 e. The predicted molar refractivity (Wildman–Crippen MR) is 143 cm³/mol. The number of benzene rings is 2. The summed E-state index contributed by atoms with van der Waals surface area (Å²) in [7, 11) is -1.90. The highest BCUT2D eigenvalue weighted by molar-refractivity contribution is 7.92. The van der Waals surface area contributed by atoms with E-state index >= 15 is 0 Å². The van der Waals surface area contributed by atoms with Crippen LogP contribution in [0.3, 0.4) is 0 Å². The van der Waals surface area contributed by atoms with Crippen molar-refractivity contribution >= 4 is 44.1 Å². The average Bonchev–Trinajstić information content (AvgIpc) is 3.65. The number of rotatable bonds is 9. The van der Waals surface area contributed by atoms with E-state index in [0.717, 1.165) is 47.9 Å². The Balaban J connectivity index is 1.62. The monoisotopic (exact) mass is 527 g/mol. The highest BCUT2D eigenvalue weighted by atomic mass is 35.5. The number of carbonyl (C=O) groups is 1. The molecule has 1 aromatic heterocycles. The van der Waals surface area contributed by atoms with Crippen LogP contribution in [0.2, 0.25) is 5.02 Å². The van der Waals surface area contributed by atoms with Gasteiger partial charge in [-0.3, -0.25) is 14.1 Å². The lowest BCUT2D eigenvalue weighted by atomic mass is 9.94. The maximum atomic E-state index is 13.1. The molecule has 2 aliphatic rings. The summed E-state index contributed by atoms with van der Waals surface area (Å²) in [4.78, 5) is 17.8. The van der Waals surface area contributed by atoms with Gasteiger partial charge in [0.1, 0.15) is 0 Å². The number of amides is 1. The van der Waals surface area contributed by atoms with Crippen LogP contribution in [0.15, 0.2) is 42.6 Å². The minimum atomic E-state index is -3.52. The first-order valence-electron chi connectivity index (χ1n) is 12.3. The molecule has 0 bridgehead atoms. The average molecular weight is 528 g/mol. The molecule has 1 unspecified atom stereocenters. The van der Waals surface area contributed by atoms with Gasteiger partial charge < -0.3 is 10.1 Å². The molecule has 1 atom stereocenters. The Labute approximate surface area is 216 Å². The van der Waals surface area contributed by atoms with Gasteiger partial charge in [0.25, 0.3) is 5.91 Å². The summed E-state index contributed by atoms with van der Waals surface area (Å²) < 4.78 is 32.8. The molecule has 36 heavy (non-hydrogen) atoms. The smallest absolute Gasteiger partial charge is 0.252 e. The van der Waals surface area contributed by atoms with Gasteiger partial charge in [0.05, 0.1) is 29.1 Å². The molecule has 5 rings (SSSR count). The van der Waals surface area contributed by atoms with Crippen molar-refractivity contribution in [2.75, 3.05) is 30.8 Å². The predicted octanol–water partition coefficient (Wildman–Crippen LogP) is 4.66. The lowest BCUT2D eigenvalue weighted by molar-refractivity contribution is -0.0527. The fourth-order valence-corrected chi connectivity index (χ4v) is 5.89. The van der Waals surface area contributed by atoms with E-state index in [1.165, 1.54) is 10.6 Å². The summed E-state index contributed by atoms with van der Waals surface area (Å²) >= 11 is 6.04. The summed E-state index contributed by atoms with van der Waals surface area (Å²) in [5.41, 5.74) is 4.61. The fourth-order valence-electron chi connectivity index (χ4n) is 4.81. The number of hydrogen-bond acceptors (Lipinski definition) is 5. The Hall–Kier alpha value is -2.68. The quantitative estimate of drug-likeness (QED) is 0.437. The van der Waals surface area contributed by atoms with E-state index in [1.54, 1.807) is 13.2 Å². The lowest BCUT2D eigenvalue weighted by Gasteiger charge is -2.31. The van der Waals surface area contributed by atoms with Gasteiger partial charge in [-0.25, -0.2) is 8.42 Å². The number of nitrogens with zero attached hydrogens (tertiary/aromatic N) is 2. The number of anilines is 1. The number of hydrogen-bond donors (Lipinski definition) is 1. The van der Waals surface area contributed by atoms with Crippen LogP contribution in [-0.2, 0) is 21.2 Å². The number of ether oxygens (including phenoxy) is 1. The third-order valence-electron chi connectivity index (χ3n) is 6.99. The second-order valence-electron chi connectivity index (χ2n) is 9.65. The van der Waals surface area contributed by atoms with Crippen LogP contribution in [0.1, 0.15) is 58.6 Å². The van der Waals surface area contributed by atoms with Crippen molar-refractivity contribution in [3.05, 3.63) is 69.9 Å². The van der Waals surface area contributed by atoms with Crippen molar-refractivity contribution in [2.24, 2.45) is 0 Å². The zero-order valence-corrected chi connectivity index (χ0v) is 22.0. The Kier molecular flexibility index (Phi) is 6.94. The van der Waals surface area contributed by atoms with Crippen molar-refractivity contribution in [1.82, 2.24) is 10.3 Å². The Morgan fingerprint density at radius 3 is 2.50 bits per heavy atom. The van der Waals surface area contributed by atoms with Gasteiger partial charge in [-0.15, -0.1) is 0 Å². The molecule has 190 valence electrons. The molecule has 2 heterocycles. The SMILES string of the molecule is CNC(=O)c1c(Cc2ccc(Cl)cc2)cnc2cc(N(CCC3CCO3)S(C)(=O)=O)c(C3CC3)cc12. The van der Waals surface area contributed by atoms with E-state index in [1.807, 2.05) is 36.4 Å². The van der Waals surface area contributed by atoms with Gasteiger partial charge in [0, 0.05) is 36.8 Å². The molecule has 7 nitrogen and oxygen atoms in total. The molecule has 1 saturated heterocycles. The molecule has 0 radical (unpaired) electrons. The van der Waals surface area contributed by atoms with E-state index < -0.39 is 10.0 Å². The summed E-state index contributed by atoms with van der Waals surface area (Å²) in [5.74, 6) is 0.0778. The van der Waals surface area contributed by atoms with Gasteiger partial charge in [-0.1, -0.05) is 23.7 Å². The maximum Gasteiger partial charge on any atom is 0.252 e. The van der Waals surface area contributed by atoms with Crippen LogP contribution in [0.4, 0.5) is 5.69 Å². The van der Waals surface area contributed by atoms with Crippen LogP contribution < -0.4 is 9.62 Å². The first-order chi connectivity index (χ1) is 17.2. The van der Waals surface area contributed by atoms with Crippen LogP contribution in [0.5, 0.6) is 0 Å². The van der Waals surface area contributed by atoms with Crippen LogP contribution in [-0.4, -0.2) is 51.9 Å². The van der Waals surface area contributed by atoms with Crippen LogP contribution in [0.25, 0.3) is 10.9 Å². The van der Waals surface area contributed by atoms with Crippen LogP contribution >= 0.6 is 11.6 Å². The van der Waals surface area contributed by atoms with Crippen molar-refractivity contribution in [1.29, 1.82) is 0 Å². The van der Waals surface area contributed by atoms with Crippen molar-refractivity contribution in [3.63, 3.8) is 0 Å². The third kappa shape index (κ3) is 5.21. The van der Waals surface area contributed by atoms with E-state index in [0.29, 0.717) is 41.2 Å². The van der Waals surface area contributed by atoms with E-state index in [2.05, 4.69) is 10.3 Å². The third-order valence-corrected chi connectivity index (χ3v) is 8.42. The molecule has 1 aliphatic carbocycles. The summed E-state index contributed by atoms with van der Waals surface area (Å²) in [6.07, 6.45) is 7.19. The molecule has 1 amide bonds. The molecule has 2 aromatic carbocycles. The number of sulfonamides is 1. The second kappa shape index (κ2) is 10.00. The summed E-state index contributed by atoms with van der Waals surface area (Å²) in [6.45, 7) is 1.09. The van der Waals surface area contributed by atoms with Gasteiger partial charge in [0.15, 0.2) is 0 Å². The number of halogens is 1. The zero-order chi connectivity index (χ0) is 25.4. The van der Waals surface area contributed by atoms with Crippen molar-refractivity contribution in [3.8, 4) is 0 Å². The maximum absolute atomic E-state index is 13.1. The molecule has 9 heteroatoms. The topological polar surface area (TPSA) is 88.6 Å². The Morgan fingerprint density at radius 2 is 1.92 bits per heavy atom. The standard InChI is InChI=1S/C27H30ClN3O4S/c1-29-27(32)26-19(13-17-3-7-20(28)8-4-17)16-30-24-15-25(22(14-23(24)26)18-5-6-18)31(36(2,33)34)11-9-21-10-12-35-21/h3-4,7-8,14-16,18,21H,5-6,9-13H2,1-2H3,(H,29,32). The van der Waals surface area contributed by atoms with Gasteiger partial charge in [-0.2, -0.15) is 0 Å². The molecule has 0 spiro atoms. The van der Waals surface area contributed by atoms with Crippen molar-refractivity contribution < 1.29 is 17.9 Å². The molecular weight excluding hydrogens is 498 g/mol. The van der Waals surface area contributed by atoms with Gasteiger partial charge >= 0.3 is 0 Å². The first-order valence-corrected chi connectivity index (χ1v) is 14.5. The number of fused-ring (bicyclic) bond motifs is 1. The first kappa shape index (κ1) is 25.0. The van der Waals surface area contributed by atoms with E-state index in [4.69, 9.17) is 16.3 Å². The summed E-state index contributed by atoms with van der Waals surface area (Å²) in [5, 5.41) is 4.17. The summed E-state index contributed by atoms with van der Waals surface area (Å²) in [6, 6.07) is 11.4. The number of pyridine rings is 1. The highest BCUT2D eigenvalue weighted by Crippen LogP contribution is 2.46. The molecule has 1 aliphatic heterocycles. The molecule has 1 saturated carbocycles. The van der Waals surface area contributed by atoms with Gasteiger partial charge in [-0.05, 0) is 79.0 Å². The molecule has 3 aromatic rings. The molecule has 1 N–H and O–H groups in total. The minimum Gasteiger partial charge on any atom is -0.378 e. The number of carbonyl (C=O) groups excluding carboxylic acids is 1. The zero-order valence-electron chi connectivity index (χ0n) is 20.5. The van der Waals surface area contributed by atoms with E-state index in [9.17, 15) is 13.2 Å². The minimum absolute atomic E-state index is 0.104. The molecular formula is C27H30ClN3O4S. The fraction of sp³-hybridized carbons (Fsp3) is 0.407. The van der Waals surface area contributed by atoms with Crippen molar-refractivity contribution in [2.45, 2.75) is 44.1 Å². The number of aromatic nitrogens is 1. The lowest BCUT2D eigenvalue weighted by Crippen LogP contribution is -2.36. The van der Waals surface area contributed by atoms with Crippen LogP contribution in [0, 0.1) is 0 Å².